The lowest BCUT2D eigenvalue weighted by Crippen LogP contribution is -2.42. The van der Waals surface area contributed by atoms with Gasteiger partial charge in [-0.25, -0.2) is 8.42 Å². The van der Waals surface area contributed by atoms with Gasteiger partial charge in [-0.15, -0.1) is 11.3 Å². The Morgan fingerprint density at radius 1 is 1.39 bits per heavy atom. The highest BCUT2D eigenvalue weighted by Crippen LogP contribution is 2.32. The van der Waals surface area contributed by atoms with Crippen LogP contribution in [0.1, 0.15) is 32.6 Å². The fraction of sp³-hybridized carbons (Fsp3) is 0.667. The first-order valence-corrected chi connectivity index (χ1v) is 8.57. The first-order chi connectivity index (χ1) is 8.43. The fourth-order valence-corrected chi connectivity index (χ4v) is 5.37. The van der Waals surface area contributed by atoms with Gasteiger partial charge in [-0.1, -0.05) is 19.8 Å². The highest BCUT2D eigenvalue weighted by molar-refractivity contribution is 7.91. The van der Waals surface area contributed by atoms with E-state index in [9.17, 15) is 8.42 Å². The van der Waals surface area contributed by atoms with Crippen LogP contribution in [0.5, 0.6) is 0 Å². The van der Waals surface area contributed by atoms with Gasteiger partial charge >= 0.3 is 0 Å². The maximum atomic E-state index is 12.5. The molecule has 0 saturated heterocycles. The molecule has 2 N–H and O–H groups in total. The van der Waals surface area contributed by atoms with Crippen LogP contribution in [0.15, 0.2) is 15.7 Å². The van der Waals surface area contributed by atoms with Crippen LogP contribution in [0, 0.1) is 5.92 Å². The molecule has 2 rings (SSSR count). The Balaban J connectivity index is 2.24. The molecule has 1 fully saturated rings. The molecule has 1 aliphatic rings. The van der Waals surface area contributed by atoms with Crippen molar-refractivity contribution in [3.63, 3.8) is 0 Å². The monoisotopic (exact) mass is 288 g/mol. The van der Waals surface area contributed by atoms with Gasteiger partial charge in [-0.3, -0.25) is 0 Å². The highest BCUT2D eigenvalue weighted by atomic mass is 32.2. The quantitative estimate of drug-likeness (QED) is 0.929. The molecule has 1 aliphatic carbocycles. The molecule has 0 amide bonds. The molecule has 1 heterocycles. The zero-order valence-corrected chi connectivity index (χ0v) is 12.4. The molecule has 0 radical (unpaired) electrons. The summed E-state index contributed by atoms with van der Waals surface area (Å²) < 4.78 is 26.8. The molecule has 0 aliphatic heterocycles. The van der Waals surface area contributed by atoms with Gasteiger partial charge in [0.25, 0.3) is 10.0 Å². The van der Waals surface area contributed by atoms with Crippen LogP contribution in [0.25, 0.3) is 0 Å². The smallest absolute Gasteiger partial charge is 0.252 e. The van der Waals surface area contributed by atoms with E-state index in [1.165, 1.54) is 17.8 Å². The summed E-state index contributed by atoms with van der Waals surface area (Å²) in [5.74, 6) is 0.427. The predicted molar refractivity (Wildman–Crippen MR) is 75.1 cm³/mol. The van der Waals surface area contributed by atoms with Crippen molar-refractivity contribution in [3.8, 4) is 0 Å². The predicted octanol–water partition coefficient (Wildman–Crippen LogP) is 2.53. The van der Waals surface area contributed by atoms with Gasteiger partial charge in [0, 0.05) is 24.2 Å². The number of nitrogen functional groups attached to an aromatic ring is 1. The van der Waals surface area contributed by atoms with Crippen LogP contribution >= 0.6 is 11.3 Å². The van der Waals surface area contributed by atoms with Crippen LogP contribution in [-0.4, -0.2) is 25.8 Å². The Morgan fingerprint density at radius 2 is 2.06 bits per heavy atom. The number of hydrogen-bond acceptors (Lipinski definition) is 4. The molecular formula is C12H20N2O2S2. The zero-order chi connectivity index (χ0) is 13.3. The summed E-state index contributed by atoms with van der Waals surface area (Å²) in [6.07, 6.45) is 4.38. The van der Waals surface area contributed by atoms with Gasteiger partial charge in [0.2, 0.25) is 0 Å². The second-order valence-corrected chi connectivity index (χ2v) is 8.18. The van der Waals surface area contributed by atoms with Crippen molar-refractivity contribution in [1.29, 1.82) is 0 Å². The van der Waals surface area contributed by atoms with E-state index >= 15 is 0 Å². The lowest BCUT2D eigenvalue weighted by Gasteiger charge is -2.35. The second kappa shape index (κ2) is 5.19. The number of nitrogens with two attached hydrogens (primary N) is 1. The van der Waals surface area contributed by atoms with Crippen molar-refractivity contribution < 1.29 is 8.42 Å². The summed E-state index contributed by atoms with van der Waals surface area (Å²) in [6.45, 7) is 2.14. The Labute approximate surface area is 113 Å². The fourth-order valence-electron chi connectivity index (χ4n) is 2.62. The number of thiophene rings is 1. The maximum absolute atomic E-state index is 12.5. The number of rotatable bonds is 3. The molecule has 1 aromatic rings. The van der Waals surface area contributed by atoms with Gasteiger partial charge in [-0.2, -0.15) is 4.31 Å². The Morgan fingerprint density at radius 3 is 2.61 bits per heavy atom. The van der Waals surface area contributed by atoms with E-state index in [4.69, 9.17) is 5.73 Å². The zero-order valence-electron chi connectivity index (χ0n) is 10.8. The van der Waals surface area contributed by atoms with Gasteiger partial charge < -0.3 is 5.73 Å². The van der Waals surface area contributed by atoms with E-state index in [0.717, 1.165) is 19.3 Å². The Hall–Kier alpha value is -0.590. The molecule has 18 heavy (non-hydrogen) atoms. The number of hydrogen-bond donors (Lipinski definition) is 1. The molecule has 0 bridgehead atoms. The summed E-state index contributed by atoms with van der Waals surface area (Å²) in [4.78, 5) is 0. The van der Waals surface area contributed by atoms with E-state index in [1.54, 1.807) is 22.8 Å². The standard InChI is InChI=1S/C12H20N2O2S2/c1-9-5-3-4-6-11(9)14(2)18(15,16)12-7-10(13)8-17-12/h7-9,11H,3-6,13H2,1-2H3. The minimum absolute atomic E-state index is 0.118. The summed E-state index contributed by atoms with van der Waals surface area (Å²) in [5.41, 5.74) is 6.13. The normalized spacial score (nSPS) is 25.5. The lowest BCUT2D eigenvalue weighted by atomic mass is 9.86. The number of nitrogens with zero attached hydrogens (tertiary/aromatic N) is 1. The summed E-state index contributed by atoms with van der Waals surface area (Å²) >= 11 is 1.20. The lowest BCUT2D eigenvalue weighted by molar-refractivity contribution is 0.213. The molecule has 1 aromatic heterocycles. The first-order valence-electron chi connectivity index (χ1n) is 6.25. The minimum atomic E-state index is -3.38. The summed E-state index contributed by atoms with van der Waals surface area (Å²) in [7, 11) is -1.69. The molecule has 0 aromatic carbocycles. The highest BCUT2D eigenvalue weighted by Gasteiger charge is 2.33. The van der Waals surface area contributed by atoms with E-state index in [1.807, 2.05) is 0 Å². The van der Waals surface area contributed by atoms with E-state index in [0.29, 0.717) is 15.8 Å². The number of anilines is 1. The number of sulfonamides is 1. The molecule has 0 spiro atoms. The first kappa shape index (κ1) is 13.8. The van der Waals surface area contributed by atoms with Gasteiger partial charge in [0.15, 0.2) is 0 Å². The van der Waals surface area contributed by atoms with Crippen LogP contribution < -0.4 is 5.73 Å². The van der Waals surface area contributed by atoms with E-state index < -0.39 is 10.0 Å². The van der Waals surface area contributed by atoms with E-state index in [-0.39, 0.29) is 6.04 Å². The molecule has 4 nitrogen and oxygen atoms in total. The van der Waals surface area contributed by atoms with Crippen LogP contribution in [0.2, 0.25) is 0 Å². The summed E-state index contributed by atoms with van der Waals surface area (Å²) in [5, 5.41) is 1.67. The van der Waals surface area contributed by atoms with Gasteiger partial charge in [-0.05, 0) is 24.8 Å². The maximum Gasteiger partial charge on any atom is 0.252 e. The van der Waals surface area contributed by atoms with Crippen molar-refractivity contribution in [3.05, 3.63) is 11.4 Å². The second-order valence-electron chi connectivity index (χ2n) is 5.05. The average molecular weight is 288 g/mol. The molecule has 1 saturated carbocycles. The van der Waals surface area contributed by atoms with Crippen molar-refractivity contribution in [2.45, 2.75) is 42.9 Å². The largest absolute Gasteiger partial charge is 0.398 e. The van der Waals surface area contributed by atoms with Crippen molar-refractivity contribution in [2.24, 2.45) is 5.92 Å². The molecule has 102 valence electrons. The van der Waals surface area contributed by atoms with Crippen LogP contribution in [-0.2, 0) is 10.0 Å². The topological polar surface area (TPSA) is 63.4 Å². The summed E-state index contributed by atoms with van der Waals surface area (Å²) in [6, 6.07) is 1.66. The van der Waals surface area contributed by atoms with Crippen molar-refractivity contribution in [1.82, 2.24) is 4.31 Å². The molecular weight excluding hydrogens is 268 g/mol. The van der Waals surface area contributed by atoms with Crippen LogP contribution in [0.3, 0.4) is 0 Å². The molecule has 2 atom stereocenters. The SMILES string of the molecule is CC1CCCCC1N(C)S(=O)(=O)c1cc(N)cs1. The van der Waals surface area contributed by atoms with Crippen molar-refractivity contribution in [2.75, 3.05) is 12.8 Å². The van der Waals surface area contributed by atoms with Gasteiger partial charge in [0.05, 0.1) is 0 Å². The third-order valence-corrected chi connectivity index (χ3v) is 7.08. The van der Waals surface area contributed by atoms with Gasteiger partial charge in [0.1, 0.15) is 4.21 Å². The molecule has 2 unspecified atom stereocenters. The minimum Gasteiger partial charge on any atom is -0.398 e. The average Bonchev–Trinajstić information content (AvgIpc) is 2.76. The molecule has 6 heteroatoms. The third kappa shape index (κ3) is 2.55. The Bertz CT molecular complexity index is 510. The van der Waals surface area contributed by atoms with Crippen LogP contribution in [0.4, 0.5) is 5.69 Å². The Kier molecular flexibility index (Phi) is 3.99. The third-order valence-electron chi connectivity index (χ3n) is 3.76. The van der Waals surface area contributed by atoms with Crippen molar-refractivity contribution >= 4 is 27.0 Å². The van der Waals surface area contributed by atoms with E-state index in [2.05, 4.69) is 6.92 Å².